The monoisotopic (exact) mass is 354 g/mol. The van der Waals surface area contributed by atoms with Crippen LogP contribution >= 0.6 is 0 Å². The number of amides is 2. The van der Waals surface area contributed by atoms with Gasteiger partial charge >= 0.3 is 12.2 Å². The lowest BCUT2D eigenvalue weighted by Gasteiger charge is -2.16. The molecule has 0 aliphatic carbocycles. The maximum atomic E-state index is 13.3. The summed E-state index contributed by atoms with van der Waals surface area (Å²) in [5, 5.41) is 4.58. The summed E-state index contributed by atoms with van der Waals surface area (Å²) in [6.07, 6.45) is -4.65. The summed E-state index contributed by atoms with van der Waals surface area (Å²) in [6.45, 7) is 0.433. The topological polar surface area (TPSA) is 59.6 Å². The minimum absolute atomic E-state index is 0.0175. The van der Waals surface area contributed by atoms with Crippen LogP contribution in [0.5, 0.6) is 11.5 Å². The zero-order chi connectivity index (χ0) is 18.3. The van der Waals surface area contributed by atoms with Gasteiger partial charge in [-0.15, -0.1) is 0 Å². The van der Waals surface area contributed by atoms with Gasteiger partial charge in [0.15, 0.2) is 0 Å². The molecule has 0 aromatic heterocycles. The van der Waals surface area contributed by atoms with Gasteiger partial charge in [-0.1, -0.05) is 18.2 Å². The highest BCUT2D eigenvalue weighted by atomic mass is 19.4. The van der Waals surface area contributed by atoms with Gasteiger partial charge in [0.25, 0.3) is 0 Å². The van der Waals surface area contributed by atoms with Crippen LogP contribution in [0.25, 0.3) is 0 Å². The van der Waals surface area contributed by atoms with Crippen molar-refractivity contribution in [2.75, 3.05) is 25.6 Å². The van der Waals surface area contributed by atoms with Crippen molar-refractivity contribution in [2.45, 2.75) is 6.18 Å². The minimum Gasteiger partial charge on any atom is -0.457 e. The summed E-state index contributed by atoms with van der Waals surface area (Å²) < 4.78 is 50.0. The fourth-order valence-electron chi connectivity index (χ4n) is 1.99. The van der Waals surface area contributed by atoms with Crippen molar-refractivity contribution in [1.29, 1.82) is 0 Å². The predicted octanol–water partition coefficient (Wildman–Crippen LogP) is 4.27. The van der Waals surface area contributed by atoms with E-state index in [2.05, 4.69) is 10.6 Å². The fraction of sp³-hybridized carbons (Fsp3) is 0.235. The normalized spacial score (nSPS) is 11.0. The van der Waals surface area contributed by atoms with E-state index in [-0.39, 0.29) is 24.6 Å². The largest absolute Gasteiger partial charge is 0.457 e. The second kappa shape index (κ2) is 8.39. The molecule has 0 aliphatic heterocycles. The molecular weight excluding hydrogens is 337 g/mol. The molecule has 2 aromatic rings. The average molecular weight is 354 g/mol. The van der Waals surface area contributed by atoms with Crippen LogP contribution in [0.4, 0.5) is 23.7 Å². The summed E-state index contributed by atoms with van der Waals surface area (Å²) >= 11 is 0. The highest BCUT2D eigenvalue weighted by molar-refractivity contribution is 5.90. The number of alkyl halides is 3. The third-order valence-electron chi connectivity index (χ3n) is 3.12. The Morgan fingerprint density at radius 2 is 1.80 bits per heavy atom. The van der Waals surface area contributed by atoms with Crippen molar-refractivity contribution in [3.63, 3.8) is 0 Å². The number of ether oxygens (including phenoxy) is 2. The molecule has 0 bridgehead atoms. The summed E-state index contributed by atoms with van der Waals surface area (Å²) in [5.74, 6) is 0.428. The van der Waals surface area contributed by atoms with Crippen LogP contribution in [0.2, 0.25) is 0 Å². The van der Waals surface area contributed by atoms with E-state index >= 15 is 0 Å². The molecule has 0 radical (unpaired) electrons. The maximum Gasteiger partial charge on any atom is 0.418 e. The van der Waals surface area contributed by atoms with E-state index in [9.17, 15) is 18.0 Å². The Labute approximate surface area is 142 Å². The summed E-state index contributed by atoms with van der Waals surface area (Å²) in [6, 6.07) is 11.0. The Balaban J connectivity index is 2.18. The number of urea groups is 1. The third kappa shape index (κ3) is 5.68. The molecule has 8 heteroatoms. The number of nitrogens with one attached hydrogen (secondary N) is 2. The lowest BCUT2D eigenvalue weighted by molar-refractivity contribution is -0.137. The minimum atomic E-state index is -4.65. The molecule has 2 aromatic carbocycles. The van der Waals surface area contributed by atoms with Gasteiger partial charge in [0, 0.05) is 13.7 Å². The Hall–Kier alpha value is -2.74. The van der Waals surface area contributed by atoms with E-state index in [4.69, 9.17) is 9.47 Å². The first kappa shape index (κ1) is 18.6. The van der Waals surface area contributed by atoms with Crippen LogP contribution in [0.15, 0.2) is 48.5 Å². The standard InChI is InChI=1S/C17H17F3N2O3/c1-24-10-9-21-16(23)22-15-8-7-13(11-14(15)17(18,19)20)25-12-5-3-2-4-6-12/h2-8,11H,9-10H2,1H3,(H2,21,22,23). The molecule has 5 nitrogen and oxygen atoms in total. The second-order valence-electron chi connectivity index (χ2n) is 4.99. The molecule has 2 rings (SSSR count). The number of methoxy groups -OCH3 is 1. The van der Waals surface area contributed by atoms with Gasteiger partial charge in [-0.3, -0.25) is 0 Å². The first-order valence-electron chi connectivity index (χ1n) is 7.38. The SMILES string of the molecule is COCCNC(=O)Nc1ccc(Oc2ccccc2)cc1C(F)(F)F. The average Bonchev–Trinajstić information content (AvgIpc) is 2.56. The van der Waals surface area contributed by atoms with Crippen molar-refractivity contribution in [1.82, 2.24) is 5.32 Å². The zero-order valence-corrected chi connectivity index (χ0v) is 13.4. The van der Waals surface area contributed by atoms with Crippen molar-refractivity contribution in [3.05, 3.63) is 54.1 Å². The maximum absolute atomic E-state index is 13.3. The van der Waals surface area contributed by atoms with E-state index in [1.54, 1.807) is 30.3 Å². The first-order chi connectivity index (χ1) is 11.9. The van der Waals surface area contributed by atoms with Gasteiger partial charge in [0.05, 0.1) is 17.9 Å². The number of anilines is 1. The molecule has 0 unspecified atom stereocenters. The number of rotatable bonds is 6. The van der Waals surface area contributed by atoms with Crippen molar-refractivity contribution in [2.24, 2.45) is 0 Å². The Bertz CT molecular complexity index is 706. The van der Waals surface area contributed by atoms with Crippen LogP contribution in [-0.2, 0) is 10.9 Å². The predicted molar refractivity (Wildman–Crippen MR) is 86.9 cm³/mol. The second-order valence-corrected chi connectivity index (χ2v) is 4.99. The molecule has 0 atom stereocenters. The van der Waals surface area contributed by atoms with Crippen LogP contribution in [0.3, 0.4) is 0 Å². The number of carbonyl (C=O) groups is 1. The number of para-hydroxylation sites is 1. The quantitative estimate of drug-likeness (QED) is 0.762. The molecular formula is C17H17F3N2O3. The Morgan fingerprint density at radius 1 is 1.08 bits per heavy atom. The van der Waals surface area contributed by atoms with Crippen molar-refractivity contribution in [3.8, 4) is 11.5 Å². The van der Waals surface area contributed by atoms with Gasteiger partial charge in [-0.05, 0) is 30.3 Å². The van der Waals surface area contributed by atoms with E-state index in [1.807, 2.05) is 0 Å². The molecule has 0 heterocycles. The fourth-order valence-corrected chi connectivity index (χ4v) is 1.99. The van der Waals surface area contributed by atoms with Gasteiger partial charge in [0.1, 0.15) is 11.5 Å². The number of hydrogen-bond acceptors (Lipinski definition) is 3. The molecule has 25 heavy (non-hydrogen) atoms. The number of carbonyl (C=O) groups excluding carboxylic acids is 1. The van der Waals surface area contributed by atoms with Crippen LogP contribution in [-0.4, -0.2) is 26.3 Å². The first-order valence-corrected chi connectivity index (χ1v) is 7.38. The van der Waals surface area contributed by atoms with Crippen LogP contribution in [0, 0.1) is 0 Å². The zero-order valence-electron chi connectivity index (χ0n) is 13.4. The van der Waals surface area contributed by atoms with Crippen molar-refractivity contribution < 1.29 is 27.4 Å². The number of halogens is 3. The molecule has 0 spiro atoms. The molecule has 2 N–H and O–H groups in total. The molecule has 134 valence electrons. The van der Waals surface area contributed by atoms with Gasteiger partial charge in [-0.2, -0.15) is 13.2 Å². The summed E-state index contributed by atoms with van der Waals surface area (Å²) in [4.78, 5) is 11.7. The molecule has 0 fully saturated rings. The smallest absolute Gasteiger partial charge is 0.418 e. The molecule has 0 aliphatic rings. The van der Waals surface area contributed by atoms with Crippen LogP contribution in [0.1, 0.15) is 5.56 Å². The van der Waals surface area contributed by atoms with E-state index in [0.717, 1.165) is 12.1 Å². The Morgan fingerprint density at radius 3 is 2.44 bits per heavy atom. The van der Waals surface area contributed by atoms with E-state index in [1.165, 1.54) is 13.2 Å². The molecule has 0 saturated carbocycles. The highest BCUT2D eigenvalue weighted by Crippen LogP contribution is 2.38. The van der Waals surface area contributed by atoms with Crippen molar-refractivity contribution >= 4 is 11.7 Å². The molecule has 0 saturated heterocycles. The van der Waals surface area contributed by atoms with Gasteiger partial charge in [0.2, 0.25) is 0 Å². The number of benzene rings is 2. The van der Waals surface area contributed by atoms with E-state index < -0.39 is 17.8 Å². The lowest BCUT2D eigenvalue weighted by atomic mass is 10.1. The van der Waals surface area contributed by atoms with E-state index in [0.29, 0.717) is 5.75 Å². The summed E-state index contributed by atoms with van der Waals surface area (Å²) in [7, 11) is 1.45. The van der Waals surface area contributed by atoms with Gasteiger partial charge < -0.3 is 20.1 Å². The number of hydrogen-bond donors (Lipinski definition) is 2. The highest BCUT2D eigenvalue weighted by Gasteiger charge is 2.34. The summed E-state index contributed by atoms with van der Waals surface area (Å²) in [5.41, 5.74) is -1.36. The van der Waals surface area contributed by atoms with Gasteiger partial charge in [-0.25, -0.2) is 4.79 Å². The third-order valence-corrected chi connectivity index (χ3v) is 3.12. The van der Waals surface area contributed by atoms with Crippen LogP contribution < -0.4 is 15.4 Å². The lowest BCUT2D eigenvalue weighted by Crippen LogP contribution is -2.32. The Kier molecular flexibility index (Phi) is 6.24. The molecule has 2 amide bonds.